The van der Waals surface area contributed by atoms with E-state index in [1.54, 1.807) is 70.9 Å². The second-order valence-electron chi connectivity index (χ2n) is 17.8. The molecule has 1 aromatic carbocycles. The number of carboxylic acids is 1. The number of amides is 6. The molecular weight excluding hydrogens is 1150 g/mol. The number of hydrogen-bond donors (Lipinski definition) is 8. The Hall–Kier alpha value is -7.90. The second-order valence-corrected chi connectivity index (χ2v) is 23.6. The number of aliphatic carboxylic acids is 1. The first kappa shape index (κ1) is 56.8. The lowest BCUT2D eigenvalue weighted by molar-refractivity contribution is -0.131. The number of carbonyl (C=O) groups excluding carboxylic acids is 6. The van der Waals surface area contributed by atoms with Crippen molar-refractivity contribution < 1.29 is 48.5 Å². The van der Waals surface area contributed by atoms with Crippen LogP contribution in [0, 0.1) is 12.8 Å². The zero-order chi connectivity index (χ0) is 56.8. The summed E-state index contributed by atoms with van der Waals surface area (Å²) in [6.45, 7) is 4.92. The van der Waals surface area contributed by atoms with E-state index in [9.17, 15) is 38.7 Å². The third kappa shape index (κ3) is 13.1. The van der Waals surface area contributed by atoms with Gasteiger partial charge in [0.15, 0.2) is 0 Å². The van der Waals surface area contributed by atoms with E-state index in [2.05, 4.69) is 46.9 Å². The average molecular weight is 1190 g/mol. The number of carbonyl (C=O) groups is 7. The number of fused-ring (bicyclic) bond motifs is 14. The van der Waals surface area contributed by atoms with Crippen LogP contribution < -0.4 is 31.9 Å². The first-order valence-electron chi connectivity index (χ1n) is 24.1. The van der Waals surface area contributed by atoms with Gasteiger partial charge in [-0.25, -0.2) is 39.7 Å². The van der Waals surface area contributed by atoms with Crippen molar-refractivity contribution in [1.82, 2.24) is 61.5 Å². The molecule has 0 fully saturated rings. The Kier molecular flexibility index (Phi) is 17.8. The highest BCUT2D eigenvalue weighted by atomic mass is 32.1. The van der Waals surface area contributed by atoms with Crippen molar-refractivity contribution in [2.75, 3.05) is 26.0 Å². The predicted molar refractivity (Wildman–Crippen MR) is 302 cm³/mol. The smallest absolute Gasteiger partial charge is 0.328 e. The van der Waals surface area contributed by atoms with Gasteiger partial charge in [-0.05, 0) is 30.5 Å². The van der Waals surface area contributed by atoms with Crippen molar-refractivity contribution in [3.05, 3.63) is 124 Å². The van der Waals surface area contributed by atoms with Crippen LogP contribution in [0.4, 0.5) is 5.82 Å². The minimum absolute atomic E-state index is 0.00340. The Morgan fingerprint density at radius 1 is 0.713 bits per heavy atom. The van der Waals surface area contributed by atoms with Crippen molar-refractivity contribution in [1.29, 1.82) is 0 Å². The van der Waals surface area contributed by atoms with Crippen molar-refractivity contribution in [2.45, 2.75) is 58.0 Å². The van der Waals surface area contributed by atoms with E-state index in [-0.39, 0.29) is 46.9 Å². The van der Waals surface area contributed by atoms with Gasteiger partial charge in [-0.2, -0.15) is 0 Å². The molecule has 0 aliphatic carbocycles. The lowest BCUT2D eigenvalue weighted by Gasteiger charge is -2.23. The summed E-state index contributed by atoms with van der Waals surface area (Å²) in [7, 11) is 2.92. The summed E-state index contributed by atoms with van der Waals surface area (Å²) < 4.78 is 5.43. The fourth-order valence-electron chi connectivity index (χ4n) is 7.96. The summed E-state index contributed by atoms with van der Waals surface area (Å²) in [6, 6.07) is 9.32. The maximum absolute atomic E-state index is 14.2. The fourth-order valence-corrected chi connectivity index (χ4v) is 13.5. The molecule has 29 heteroatoms. The molecule has 1 aliphatic heterocycles. The van der Waals surface area contributed by atoms with Crippen molar-refractivity contribution in [3.63, 3.8) is 0 Å². The highest BCUT2D eigenvalue weighted by Gasteiger charge is 2.33. The standard InChI is InChI=1S/C51H47N13O10S6/c1-22(2)37-51-64-40(31(80-51)17-74-5)44(72)53-16-35(67)61-41(42(70)24-9-7-6-8-10-24)50-58-30(20-77-50)48-56-28(18-76-48)39-25(11-12-26(54-39)47-60-32(21-78-47)59-33(65)13-14-36(68)69)46-57-29(19-75-46)43(71)55-27(15-34(66)52-4)49-63-38(23(3)79-49)45(73)62-37/h6-14,18-22,27,37,41-42,70H,15-17H2,1-5H3,(H,52,66)(H,53,72)(H,55,71)(H,59,65)(H,61,67)(H,62,73)(H,68,69)/t27-,37-,41-,42-/m0/s1. The number of ether oxygens (including phenoxy) is 1. The lowest BCUT2D eigenvalue weighted by atomic mass is 10.0. The molecule has 10 bridgehead atoms. The summed E-state index contributed by atoms with van der Waals surface area (Å²) in [6.07, 6.45) is 0.0519. The number of anilines is 1. The highest BCUT2D eigenvalue weighted by Crippen LogP contribution is 2.40. The third-order valence-electron chi connectivity index (χ3n) is 11.9. The highest BCUT2D eigenvalue weighted by molar-refractivity contribution is 7.15. The Morgan fingerprint density at radius 3 is 2.17 bits per heavy atom. The van der Waals surface area contributed by atoms with E-state index in [4.69, 9.17) is 29.8 Å². The molecule has 8 aromatic rings. The van der Waals surface area contributed by atoms with Crippen LogP contribution in [0.3, 0.4) is 0 Å². The fraction of sp³-hybridized carbons (Fsp3) is 0.255. The number of nitrogens with zero attached hydrogens (tertiary/aromatic N) is 7. The first-order valence-corrected chi connectivity index (χ1v) is 29.3. The largest absolute Gasteiger partial charge is 0.478 e. The Morgan fingerprint density at radius 2 is 1.43 bits per heavy atom. The number of aliphatic hydroxyl groups is 1. The summed E-state index contributed by atoms with van der Waals surface area (Å²) >= 11 is 7.02. The molecule has 0 saturated carbocycles. The van der Waals surface area contributed by atoms with E-state index >= 15 is 0 Å². The predicted octanol–water partition coefficient (Wildman–Crippen LogP) is 6.89. The maximum atomic E-state index is 14.2. The van der Waals surface area contributed by atoms with E-state index in [1.165, 1.54) is 36.8 Å². The summed E-state index contributed by atoms with van der Waals surface area (Å²) in [4.78, 5) is 127. The Labute approximate surface area is 479 Å². The quantitative estimate of drug-likeness (QED) is 0.0611. The van der Waals surface area contributed by atoms with Gasteiger partial charge in [0.1, 0.15) is 82.2 Å². The van der Waals surface area contributed by atoms with Gasteiger partial charge in [-0.1, -0.05) is 44.2 Å². The zero-order valence-corrected chi connectivity index (χ0v) is 47.7. The molecule has 0 saturated heterocycles. The van der Waals surface area contributed by atoms with E-state index < -0.39 is 72.2 Å². The molecule has 8 N–H and O–H groups in total. The minimum atomic E-state index is -1.29. The molecular formula is C51H47N13O10S6. The van der Waals surface area contributed by atoms with Gasteiger partial charge in [0, 0.05) is 58.3 Å². The summed E-state index contributed by atoms with van der Waals surface area (Å²) in [5.74, 6) is -5.03. The third-order valence-corrected chi connectivity index (χ3v) is 17.6. The molecule has 9 rings (SSSR count). The first-order chi connectivity index (χ1) is 38.5. The van der Waals surface area contributed by atoms with Crippen LogP contribution in [0.25, 0.3) is 43.4 Å². The van der Waals surface area contributed by atoms with Gasteiger partial charge in [0.05, 0.1) is 42.2 Å². The number of rotatable bonds is 11. The second kappa shape index (κ2) is 25.0. The molecule has 0 radical (unpaired) electrons. The number of benzene rings is 1. The Balaban J connectivity index is 1.13. The monoisotopic (exact) mass is 1190 g/mol. The van der Waals surface area contributed by atoms with E-state index in [0.717, 1.165) is 51.4 Å². The van der Waals surface area contributed by atoms with Crippen molar-refractivity contribution in [2.24, 2.45) is 5.92 Å². The molecule has 0 spiro atoms. The van der Waals surface area contributed by atoms with Crippen LogP contribution in [-0.4, -0.2) is 107 Å². The average Bonchev–Trinajstić information content (AvgIpc) is 4.33. The normalized spacial score (nSPS) is 16.6. The van der Waals surface area contributed by atoms with Gasteiger partial charge in [0.25, 0.3) is 17.7 Å². The van der Waals surface area contributed by atoms with Crippen LogP contribution in [-0.2, 0) is 30.5 Å². The van der Waals surface area contributed by atoms with Crippen LogP contribution in [0.5, 0.6) is 0 Å². The minimum Gasteiger partial charge on any atom is -0.478 e. The lowest BCUT2D eigenvalue weighted by Crippen LogP contribution is -2.40. The molecule has 8 heterocycles. The van der Waals surface area contributed by atoms with Crippen LogP contribution in [0.1, 0.15) is 106 Å². The molecule has 7 aromatic heterocycles. The zero-order valence-electron chi connectivity index (χ0n) is 42.8. The Bertz CT molecular complexity index is 3680. The number of methoxy groups -OCH3 is 1. The molecule has 0 unspecified atom stereocenters. The van der Waals surface area contributed by atoms with Crippen molar-refractivity contribution >= 4 is 115 Å². The number of nitrogens with one attached hydrogen (secondary N) is 6. The summed E-state index contributed by atoms with van der Waals surface area (Å²) in [5.41, 5.74) is 2.49. The number of carboxylic acid groups (broad SMARTS) is 1. The van der Waals surface area contributed by atoms with Gasteiger partial charge >= 0.3 is 5.97 Å². The van der Waals surface area contributed by atoms with E-state index in [0.29, 0.717) is 74.8 Å². The maximum Gasteiger partial charge on any atom is 0.328 e. The number of aromatic nitrogens is 7. The SMILES string of the molecule is CNC(=O)C[C@@H]1NC(=O)c2csc(n2)-c2ccc(-c3nc(NC(=O)C=CC(=O)O)cs3)nc2-c2csc(n2)-c2csc(n2)[C@H]([C@@H](O)c2ccccc2)NC(=O)CNC(=O)c2nc(sc2COC)[C@H](C(C)C)NC(=O)c2nc1sc2C. The number of pyridine rings is 1. The molecule has 23 nitrogen and oxygen atoms in total. The topological polar surface area (TPSA) is 332 Å². The van der Waals surface area contributed by atoms with Gasteiger partial charge < -0.3 is 46.9 Å². The number of aliphatic hydroxyl groups excluding tert-OH is 1. The van der Waals surface area contributed by atoms with Gasteiger partial charge in [-0.15, -0.1) is 68.0 Å². The molecule has 4 atom stereocenters. The summed E-state index contributed by atoms with van der Waals surface area (Å²) in [5, 5.41) is 46.2. The van der Waals surface area contributed by atoms with Crippen LogP contribution in [0.2, 0.25) is 0 Å². The molecule has 6 amide bonds. The van der Waals surface area contributed by atoms with Gasteiger partial charge in [0.2, 0.25) is 17.7 Å². The molecule has 412 valence electrons. The van der Waals surface area contributed by atoms with Crippen molar-refractivity contribution in [3.8, 4) is 43.4 Å². The number of aryl methyl sites for hydroxylation is 1. The van der Waals surface area contributed by atoms with Crippen LogP contribution in [0.15, 0.2) is 76.1 Å². The van der Waals surface area contributed by atoms with Gasteiger partial charge in [-0.3, -0.25) is 28.8 Å². The molecule has 1 aliphatic rings. The number of hydrogen-bond acceptors (Lipinski definition) is 22. The number of thiazole rings is 6. The van der Waals surface area contributed by atoms with Crippen LogP contribution >= 0.6 is 68.0 Å². The van der Waals surface area contributed by atoms with E-state index in [1.807, 2.05) is 13.8 Å². The molecule has 80 heavy (non-hydrogen) atoms.